The van der Waals surface area contributed by atoms with Crippen LogP contribution in [0.5, 0.6) is 0 Å². The number of carboxylic acids is 1. The van der Waals surface area contributed by atoms with Gasteiger partial charge in [0.05, 0.1) is 0 Å². The lowest BCUT2D eigenvalue weighted by Gasteiger charge is -2.32. The summed E-state index contributed by atoms with van der Waals surface area (Å²) in [7, 11) is 0. The van der Waals surface area contributed by atoms with Crippen LogP contribution < -0.4 is 0 Å². The molecule has 0 saturated carbocycles. The molecular formula is C25H30N6O3. The van der Waals surface area contributed by atoms with E-state index in [4.69, 9.17) is 5.26 Å². The maximum atomic E-state index is 12.9. The molecule has 0 aliphatic carbocycles. The lowest BCUT2D eigenvalue weighted by atomic mass is 9.97. The van der Waals surface area contributed by atoms with Crippen molar-refractivity contribution < 1.29 is 14.7 Å². The predicted octanol–water partition coefficient (Wildman–Crippen LogP) is 4.30. The van der Waals surface area contributed by atoms with Crippen LogP contribution in [0.1, 0.15) is 45.6 Å². The molecular weight excluding hydrogens is 432 g/mol. The van der Waals surface area contributed by atoms with E-state index in [0.29, 0.717) is 12.2 Å². The molecule has 1 heterocycles. The molecule has 34 heavy (non-hydrogen) atoms. The van der Waals surface area contributed by atoms with E-state index >= 15 is 0 Å². The maximum absolute atomic E-state index is 12.9. The highest BCUT2D eigenvalue weighted by molar-refractivity contribution is 5.84. The molecule has 0 saturated heterocycles. The fourth-order valence-corrected chi connectivity index (χ4v) is 3.79. The predicted molar refractivity (Wildman–Crippen MR) is 128 cm³/mol. The Labute approximate surface area is 199 Å². The third kappa shape index (κ3) is 6.48. The number of carbonyl (C=O) groups excluding carboxylic acids is 1. The number of H-pyrrole nitrogens is 1. The second-order valence-corrected chi connectivity index (χ2v) is 8.14. The van der Waals surface area contributed by atoms with Crippen LogP contribution in [0.2, 0.25) is 0 Å². The number of carboxylic acid groups (broad SMARTS) is 1. The van der Waals surface area contributed by atoms with Crippen molar-refractivity contribution in [3.8, 4) is 29.1 Å². The summed E-state index contributed by atoms with van der Waals surface area (Å²) in [6.45, 7) is 9.43. The summed E-state index contributed by atoms with van der Waals surface area (Å²) >= 11 is 0. The Balaban J connectivity index is 0.00000199. The average Bonchev–Trinajstić information content (AvgIpc) is 3.38. The van der Waals surface area contributed by atoms with Gasteiger partial charge in [-0.15, -0.1) is 5.10 Å². The molecule has 2 N–H and O–H groups in total. The van der Waals surface area contributed by atoms with Gasteiger partial charge in [0.25, 0.3) is 0 Å². The number of nitriles is 1. The average molecular weight is 463 g/mol. The van der Waals surface area contributed by atoms with Crippen molar-refractivity contribution in [2.24, 2.45) is 5.92 Å². The van der Waals surface area contributed by atoms with Crippen LogP contribution in [0.15, 0.2) is 48.5 Å². The number of carbonyl (C=O) groups is 2. The first-order valence-electron chi connectivity index (χ1n) is 11.1. The van der Waals surface area contributed by atoms with E-state index in [-0.39, 0.29) is 18.4 Å². The molecule has 3 rings (SSSR count). The van der Waals surface area contributed by atoms with E-state index in [1.165, 1.54) is 4.90 Å². The van der Waals surface area contributed by atoms with Crippen molar-refractivity contribution in [1.29, 1.82) is 5.26 Å². The molecule has 0 aliphatic rings. The van der Waals surface area contributed by atoms with E-state index in [0.717, 1.165) is 35.1 Å². The number of tetrazole rings is 1. The smallest absolute Gasteiger partial charge is 0.326 e. The van der Waals surface area contributed by atoms with Gasteiger partial charge in [0, 0.05) is 25.1 Å². The Morgan fingerprint density at radius 1 is 1.09 bits per heavy atom. The molecule has 1 unspecified atom stereocenters. The summed E-state index contributed by atoms with van der Waals surface area (Å²) in [6.07, 6.45) is 1.98. The number of unbranched alkanes of at least 4 members (excludes halogenated alkanes) is 1. The summed E-state index contributed by atoms with van der Waals surface area (Å²) in [4.78, 5) is 26.3. The van der Waals surface area contributed by atoms with E-state index in [1.54, 1.807) is 0 Å². The van der Waals surface area contributed by atoms with Crippen molar-refractivity contribution in [2.75, 3.05) is 0 Å². The Morgan fingerprint density at radius 2 is 1.74 bits per heavy atom. The number of benzene rings is 2. The quantitative estimate of drug-likeness (QED) is 0.458. The lowest BCUT2D eigenvalue weighted by Crippen LogP contribution is -2.47. The highest BCUT2D eigenvalue weighted by atomic mass is 16.4. The largest absolute Gasteiger partial charge is 0.480 e. The minimum atomic E-state index is -0.976. The number of aromatic amines is 1. The number of nitrogens with zero attached hydrogens (tertiary/aromatic N) is 5. The van der Waals surface area contributed by atoms with Gasteiger partial charge in [0.2, 0.25) is 5.91 Å². The van der Waals surface area contributed by atoms with Gasteiger partial charge in [0.15, 0.2) is 5.82 Å². The van der Waals surface area contributed by atoms with Crippen LogP contribution in [-0.2, 0) is 16.1 Å². The van der Waals surface area contributed by atoms with Crippen molar-refractivity contribution in [3.63, 3.8) is 0 Å². The SMILES string of the molecule is C#N.CCCCC(=O)N(Cc1ccc(-c2ccccc2-c2nnn[nH]2)cc1)C(C(=O)O)C(C)C. The Kier molecular flexibility index (Phi) is 9.90. The lowest BCUT2D eigenvalue weighted by molar-refractivity contribution is -0.153. The number of nitrogens with one attached hydrogen (secondary N) is 1. The third-order valence-corrected chi connectivity index (χ3v) is 5.43. The zero-order chi connectivity index (χ0) is 25.1. The second kappa shape index (κ2) is 12.8. The zero-order valence-electron chi connectivity index (χ0n) is 19.7. The summed E-state index contributed by atoms with van der Waals surface area (Å²) < 4.78 is 0. The normalized spacial score (nSPS) is 11.4. The molecule has 3 aromatic rings. The van der Waals surface area contributed by atoms with Crippen LogP contribution in [0.25, 0.3) is 22.5 Å². The summed E-state index contributed by atoms with van der Waals surface area (Å²) in [5, 5.41) is 30.4. The van der Waals surface area contributed by atoms with Gasteiger partial charge in [-0.25, -0.2) is 15.2 Å². The number of amides is 1. The highest BCUT2D eigenvalue weighted by Gasteiger charge is 2.32. The van der Waals surface area contributed by atoms with Crippen LogP contribution >= 0.6 is 0 Å². The van der Waals surface area contributed by atoms with Crippen LogP contribution in [-0.4, -0.2) is 48.5 Å². The molecule has 9 heteroatoms. The van der Waals surface area contributed by atoms with Crippen LogP contribution in [0.3, 0.4) is 0 Å². The maximum Gasteiger partial charge on any atom is 0.326 e. The Bertz CT molecular complexity index is 1080. The fourth-order valence-electron chi connectivity index (χ4n) is 3.79. The standard InChI is InChI=1S/C24H29N5O3.CHN/c1-4-5-10-21(30)29(22(16(2)3)24(31)32)15-17-11-13-18(14-12-17)19-8-6-7-9-20(19)23-25-27-28-26-23;1-2/h6-9,11-14,16,22H,4-5,10,15H2,1-3H3,(H,31,32)(H,25,26,27,28);1H. The van der Waals surface area contributed by atoms with Crippen LogP contribution in [0, 0.1) is 17.8 Å². The Hall–Kier alpha value is -4.06. The number of rotatable bonds is 10. The summed E-state index contributed by atoms with van der Waals surface area (Å²) in [5.41, 5.74) is 3.71. The first kappa shape index (κ1) is 26.2. The molecule has 0 fully saturated rings. The minimum Gasteiger partial charge on any atom is -0.480 e. The van der Waals surface area contributed by atoms with E-state index < -0.39 is 12.0 Å². The van der Waals surface area contributed by atoms with Gasteiger partial charge in [0.1, 0.15) is 6.04 Å². The second-order valence-electron chi connectivity index (χ2n) is 8.14. The van der Waals surface area contributed by atoms with Gasteiger partial charge in [-0.05, 0) is 39.5 Å². The van der Waals surface area contributed by atoms with Crippen molar-refractivity contribution in [1.82, 2.24) is 25.5 Å². The Morgan fingerprint density at radius 3 is 2.26 bits per heavy atom. The monoisotopic (exact) mass is 462 g/mol. The molecule has 1 aromatic heterocycles. The van der Waals surface area contributed by atoms with Crippen molar-refractivity contribution >= 4 is 11.9 Å². The molecule has 0 radical (unpaired) electrons. The first-order valence-corrected chi connectivity index (χ1v) is 11.1. The molecule has 0 spiro atoms. The van der Waals surface area contributed by atoms with E-state index in [9.17, 15) is 14.7 Å². The molecule has 1 amide bonds. The van der Waals surface area contributed by atoms with Gasteiger partial charge < -0.3 is 10.0 Å². The number of aliphatic carboxylic acids is 1. The van der Waals surface area contributed by atoms with Crippen molar-refractivity contribution in [3.05, 3.63) is 54.1 Å². The van der Waals surface area contributed by atoms with Gasteiger partial charge >= 0.3 is 5.97 Å². The fraction of sp³-hybridized carbons (Fsp3) is 0.360. The van der Waals surface area contributed by atoms with Crippen molar-refractivity contribution in [2.45, 2.75) is 52.6 Å². The van der Waals surface area contributed by atoms with Gasteiger partial charge in [-0.1, -0.05) is 75.7 Å². The third-order valence-electron chi connectivity index (χ3n) is 5.43. The molecule has 1 atom stereocenters. The molecule has 9 nitrogen and oxygen atoms in total. The molecule has 0 bridgehead atoms. The topological polar surface area (TPSA) is 136 Å². The summed E-state index contributed by atoms with van der Waals surface area (Å²) in [5.74, 6) is -0.713. The first-order chi connectivity index (χ1) is 16.4. The molecule has 0 aliphatic heterocycles. The minimum absolute atomic E-state index is 0.125. The summed E-state index contributed by atoms with van der Waals surface area (Å²) in [6, 6.07) is 14.8. The number of aromatic nitrogens is 4. The van der Waals surface area contributed by atoms with Gasteiger partial charge in [-0.2, -0.15) is 0 Å². The van der Waals surface area contributed by atoms with Crippen LogP contribution in [0.4, 0.5) is 0 Å². The molecule has 2 aromatic carbocycles. The zero-order valence-corrected chi connectivity index (χ0v) is 19.7. The van der Waals surface area contributed by atoms with E-state index in [2.05, 4.69) is 27.2 Å². The molecule has 178 valence electrons. The van der Waals surface area contributed by atoms with Gasteiger partial charge in [-0.3, -0.25) is 4.79 Å². The number of hydrogen-bond donors (Lipinski definition) is 2. The number of hydrogen-bond acceptors (Lipinski definition) is 6. The highest BCUT2D eigenvalue weighted by Crippen LogP contribution is 2.30. The van der Waals surface area contributed by atoms with E-state index in [1.807, 2.05) is 69.3 Å².